The second kappa shape index (κ2) is 7.13. The van der Waals surface area contributed by atoms with Gasteiger partial charge in [0, 0.05) is 6.07 Å². The zero-order valence-electron chi connectivity index (χ0n) is 13.4. The second-order valence-electron chi connectivity index (χ2n) is 5.20. The van der Waals surface area contributed by atoms with Crippen molar-refractivity contribution >= 4 is 16.9 Å². The average Bonchev–Trinajstić information content (AvgIpc) is 2.56. The largest absolute Gasteiger partial charge is 0.497 e. The van der Waals surface area contributed by atoms with Crippen LogP contribution in [0.2, 0.25) is 0 Å². The van der Waals surface area contributed by atoms with Crippen molar-refractivity contribution < 1.29 is 14.3 Å². The fourth-order valence-electron chi connectivity index (χ4n) is 2.51. The molecule has 2 aromatic rings. The molecule has 1 unspecified atom stereocenters. The third-order valence-electron chi connectivity index (χ3n) is 3.75. The van der Waals surface area contributed by atoms with E-state index in [0.29, 0.717) is 29.5 Å². The number of H-pyrrole nitrogens is 1. The van der Waals surface area contributed by atoms with Gasteiger partial charge in [0.15, 0.2) is 0 Å². The van der Waals surface area contributed by atoms with Crippen molar-refractivity contribution in [2.45, 2.75) is 32.2 Å². The SMILES string of the molecule is CCCCC(C(=O)OC)n1c(=O)[nH]c2cc(OC)ccc2c1=O. The number of rotatable bonds is 6. The number of esters is 1. The van der Waals surface area contributed by atoms with Gasteiger partial charge in [-0.3, -0.25) is 4.79 Å². The Hall–Kier alpha value is -2.57. The van der Waals surface area contributed by atoms with Crippen molar-refractivity contribution in [3.05, 3.63) is 39.0 Å². The molecule has 23 heavy (non-hydrogen) atoms. The molecule has 0 saturated carbocycles. The molecular formula is C16H20N2O5. The van der Waals surface area contributed by atoms with Gasteiger partial charge in [0.2, 0.25) is 0 Å². The van der Waals surface area contributed by atoms with E-state index in [1.807, 2.05) is 6.92 Å². The topological polar surface area (TPSA) is 90.4 Å². The average molecular weight is 320 g/mol. The summed E-state index contributed by atoms with van der Waals surface area (Å²) in [5.74, 6) is -0.0697. The highest BCUT2D eigenvalue weighted by atomic mass is 16.5. The molecule has 0 aliphatic carbocycles. The minimum atomic E-state index is -0.928. The molecule has 7 heteroatoms. The van der Waals surface area contributed by atoms with Crippen LogP contribution in [0.4, 0.5) is 0 Å². The summed E-state index contributed by atoms with van der Waals surface area (Å²) in [4.78, 5) is 39.6. The number of hydrogen-bond acceptors (Lipinski definition) is 5. The fraction of sp³-hybridized carbons (Fsp3) is 0.438. The van der Waals surface area contributed by atoms with E-state index in [1.54, 1.807) is 18.2 Å². The lowest BCUT2D eigenvalue weighted by Crippen LogP contribution is -2.41. The van der Waals surface area contributed by atoms with Gasteiger partial charge >= 0.3 is 11.7 Å². The first-order valence-electron chi connectivity index (χ1n) is 7.43. The van der Waals surface area contributed by atoms with Gasteiger partial charge in [-0.15, -0.1) is 0 Å². The summed E-state index contributed by atoms with van der Waals surface area (Å²) in [5, 5.41) is 0.316. The quantitative estimate of drug-likeness (QED) is 0.817. The lowest BCUT2D eigenvalue weighted by molar-refractivity contribution is -0.145. The summed E-state index contributed by atoms with van der Waals surface area (Å²) in [7, 11) is 2.74. The number of carbonyl (C=O) groups is 1. The van der Waals surface area contributed by atoms with Crippen molar-refractivity contribution in [3.63, 3.8) is 0 Å². The lowest BCUT2D eigenvalue weighted by Gasteiger charge is -2.16. The Bertz CT molecular complexity index is 821. The van der Waals surface area contributed by atoms with Crippen molar-refractivity contribution in [3.8, 4) is 5.75 Å². The molecule has 0 amide bonds. The Balaban J connectivity index is 2.65. The minimum Gasteiger partial charge on any atom is -0.497 e. The Morgan fingerprint density at radius 3 is 2.65 bits per heavy atom. The summed E-state index contributed by atoms with van der Waals surface area (Å²) < 4.78 is 10.8. The number of aromatic nitrogens is 2. The minimum absolute atomic E-state index is 0.316. The molecule has 0 aliphatic heterocycles. The molecule has 1 N–H and O–H groups in total. The summed E-state index contributed by atoms with van der Waals surface area (Å²) in [6.45, 7) is 1.97. The summed E-state index contributed by atoms with van der Waals surface area (Å²) in [6, 6.07) is 3.84. The van der Waals surface area contributed by atoms with E-state index < -0.39 is 23.3 Å². The number of unbranched alkanes of at least 4 members (excludes halogenated alkanes) is 1. The van der Waals surface area contributed by atoms with Crippen LogP contribution in [0.1, 0.15) is 32.2 Å². The van der Waals surface area contributed by atoms with Crippen LogP contribution in [0.25, 0.3) is 10.9 Å². The zero-order chi connectivity index (χ0) is 17.0. The number of methoxy groups -OCH3 is 2. The molecule has 0 aliphatic rings. The predicted molar refractivity (Wildman–Crippen MR) is 86.0 cm³/mol. The molecule has 0 fully saturated rings. The van der Waals surface area contributed by atoms with Crippen molar-refractivity contribution in [1.82, 2.24) is 9.55 Å². The molecule has 124 valence electrons. The first-order chi connectivity index (χ1) is 11.0. The second-order valence-corrected chi connectivity index (χ2v) is 5.20. The maximum Gasteiger partial charge on any atom is 0.329 e. The molecule has 7 nitrogen and oxygen atoms in total. The van der Waals surface area contributed by atoms with Crippen LogP contribution in [0, 0.1) is 0 Å². The standard InChI is InChI=1S/C16H20N2O5/c1-4-5-6-13(15(20)23-3)18-14(19)11-8-7-10(22-2)9-12(11)17-16(18)21/h7-9,13H,4-6H2,1-3H3,(H,17,21). The Labute approximate surface area is 132 Å². The Morgan fingerprint density at radius 2 is 2.04 bits per heavy atom. The first kappa shape index (κ1) is 16.8. The van der Waals surface area contributed by atoms with Crippen molar-refractivity contribution in [2.75, 3.05) is 14.2 Å². The number of carbonyl (C=O) groups excluding carboxylic acids is 1. The maximum absolute atomic E-state index is 12.7. The Kier molecular flexibility index (Phi) is 5.20. The molecule has 0 radical (unpaired) electrons. The van der Waals surface area contributed by atoms with E-state index >= 15 is 0 Å². The van der Waals surface area contributed by atoms with E-state index in [-0.39, 0.29) is 0 Å². The van der Waals surface area contributed by atoms with Crippen LogP contribution in [-0.2, 0) is 9.53 Å². The number of nitrogens with zero attached hydrogens (tertiary/aromatic N) is 1. The lowest BCUT2D eigenvalue weighted by atomic mass is 10.1. The number of hydrogen-bond donors (Lipinski definition) is 1. The molecule has 1 aromatic heterocycles. The molecule has 1 heterocycles. The third-order valence-corrected chi connectivity index (χ3v) is 3.75. The number of ether oxygens (including phenoxy) is 2. The van der Waals surface area contributed by atoms with Crippen LogP contribution < -0.4 is 16.0 Å². The van der Waals surface area contributed by atoms with Gasteiger partial charge in [-0.05, 0) is 18.6 Å². The summed E-state index contributed by atoms with van der Waals surface area (Å²) in [5.41, 5.74) is -0.783. The van der Waals surface area contributed by atoms with Crippen LogP contribution in [0.3, 0.4) is 0 Å². The number of nitrogens with one attached hydrogen (secondary N) is 1. The van der Waals surface area contributed by atoms with Gasteiger partial charge in [0.25, 0.3) is 5.56 Å². The van der Waals surface area contributed by atoms with E-state index in [1.165, 1.54) is 14.2 Å². The highest BCUT2D eigenvalue weighted by Crippen LogP contribution is 2.18. The van der Waals surface area contributed by atoms with Gasteiger partial charge in [0.05, 0.1) is 25.1 Å². The number of benzene rings is 1. The molecular weight excluding hydrogens is 300 g/mol. The molecule has 0 saturated heterocycles. The monoisotopic (exact) mass is 320 g/mol. The first-order valence-corrected chi connectivity index (χ1v) is 7.43. The van der Waals surface area contributed by atoms with E-state index in [0.717, 1.165) is 11.0 Å². The summed E-state index contributed by atoms with van der Waals surface area (Å²) >= 11 is 0. The zero-order valence-corrected chi connectivity index (χ0v) is 13.4. The van der Waals surface area contributed by atoms with Gasteiger partial charge < -0.3 is 14.5 Å². The van der Waals surface area contributed by atoms with Crippen molar-refractivity contribution in [1.29, 1.82) is 0 Å². The predicted octanol–water partition coefficient (Wildman–Crippen LogP) is 1.60. The Morgan fingerprint density at radius 1 is 1.30 bits per heavy atom. The number of aromatic amines is 1. The molecule has 1 aromatic carbocycles. The fourth-order valence-corrected chi connectivity index (χ4v) is 2.51. The van der Waals surface area contributed by atoms with Crippen LogP contribution >= 0.6 is 0 Å². The number of fused-ring (bicyclic) bond motifs is 1. The molecule has 1 atom stereocenters. The maximum atomic E-state index is 12.7. The third kappa shape index (κ3) is 3.28. The highest BCUT2D eigenvalue weighted by molar-refractivity contribution is 5.80. The van der Waals surface area contributed by atoms with Crippen LogP contribution in [-0.4, -0.2) is 29.7 Å². The van der Waals surface area contributed by atoms with Gasteiger partial charge in [-0.1, -0.05) is 19.8 Å². The molecule has 0 spiro atoms. The van der Waals surface area contributed by atoms with Crippen LogP contribution in [0.15, 0.2) is 27.8 Å². The van der Waals surface area contributed by atoms with Gasteiger partial charge in [-0.25, -0.2) is 14.2 Å². The van der Waals surface area contributed by atoms with Crippen LogP contribution in [0.5, 0.6) is 5.75 Å². The molecule has 2 rings (SSSR count). The normalized spacial score (nSPS) is 12.1. The highest BCUT2D eigenvalue weighted by Gasteiger charge is 2.25. The van der Waals surface area contributed by atoms with Gasteiger partial charge in [0.1, 0.15) is 11.8 Å². The van der Waals surface area contributed by atoms with Gasteiger partial charge in [-0.2, -0.15) is 0 Å². The van der Waals surface area contributed by atoms with Crippen molar-refractivity contribution in [2.24, 2.45) is 0 Å². The van der Waals surface area contributed by atoms with E-state index in [2.05, 4.69) is 4.98 Å². The van der Waals surface area contributed by atoms with E-state index in [9.17, 15) is 14.4 Å². The summed E-state index contributed by atoms with van der Waals surface area (Å²) in [6.07, 6.45) is 1.91. The molecule has 0 bridgehead atoms. The van der Waals surface area contributed by atoms with E-state index in [4.69, 9.17) is 9.47 Å². The smallest absolute Gasteiger partial charge is 0.329 e.